The number of nitrogen functional groups attached to an aromatic ring is 1. The van der Waals surface area contributed by atoms with Gasteiger partial charge in [-0.25, -0.2) is 4.98 Å². The van der Waals surface area contributed by atoms with E-state index in [1.165, 1.54) is 0 Å². The minimum Gasteiger partial charge on any atom is -0.492 e. The van der Waals surface area contributed by atoms with Gasteiger partial charge in [0.1, 0.15) is 18.2 Å². The standard InChI is InChI=1S/C34H42N6O3/c1-6-40(7-2)19-20-43-26-17-11-23(12-18-26)21-30-37-31(39-33(35)38-30)27-9-8-10-29(28(27)22-41)36-32(42)24-13-15-25(16-14-24)34(3,4)5/h8-18,41H,6-7,19-22H2,1-5H3,(H,36,42)(H2,35,37,38,39). The van der Waals surface area contributed by atoms with E-state index in [1.54, 1.807) is 18.2 Å². The summed E-state index contributed by atoms with van der Waals surface area (Å²) in [5.74, 6) is 1.43. The molecule has 0 fully saturated rings. The number of likely N-dealkylation sites (N-methyl/N-ethyl adjacent to an activating group) is 1. The molecule has 9 nitrogen and oxygen atoms in total. The molecule has 43 heavy (non-hydrogen) atoms. The lowest BCUT2D eigenvalue weighted by Gasteiger charge is -2.19. The smallest absolute Gasteiger partial charge is 0.255 e. The van der Waals surface area contributed by atoms with Crippen molar-refractivity contribution in [2.24, 2.45) is 0 Å². The highest BCUT2D eigenvalue weighted by atomic mass is 16.5. The fraction of sp³-hybridized carbons (Fsp3) is 0.353. The van der Waals surface area contributed by atoms with Crippen LogP contribution in [0.25, 0.3) is 11.4 Å². The molecule has 4 N–H and O–H groups in total. The summed E-state index contributed by atoms with van der Waals surface area (Å²) in [4.78, 5) is 28.7. The summed E-state index contributed by atoms with van der Waals surface area (Å²) in [7, 11) is 0. The number of aliphatic hydroxyl groups is 1. The van der Waals surface area contributed by atoms with Crippen LogP contribution in [0.2, 0.25) is 0 Å². The highest BCUT2D eigenvalue weighted by molar-refractivity contribution is 6.05. The van der Waals surface area contributed by atoms with Gasteiger partial charge in [0.05, 0.1) is 6.61 Å². The van der Waals surface area contributed by atoms with Crippen LogP contribution >= 0.6 is 0 Å². The van der Waals surface area contributed by atoms with E-state index in [2.05, 4.69) is 59.8 Å². The first kappa shape index (κ1) is 31.6. The first-order valence-electron chi connectivity index (χ1n) is 14.7. The molecule has 0 unspecified atom stereocenters. The van der Waals surface area contributed by atoms with Gasteiger partial charge in [-0.2, -0.15) is 9.97 Å². The summed E-state index contributed by atoms with van der Waals surface area (Å²) in [6.07, 6.45) is 0.439. The van der Waals surface area contributed by atoms with E-state index in [4.69, 9.17) is 10.5 Å². The molecule has 0 saturated heterocycles. The Morgan fingerprint density at radius 1 is 0.953 bits per heavy atom. The van der Waals surface area contributed by atoms with Crippen LogP contribution in [0.3, 0.4) is 0 Å². The first-order chi connectivity index (χ1) is 20.6. The summed E-state index contributed by atoms with van der Waals surface area (Å²) < 4.78 is 5.90. The van der Waals surface area contributed by atoms with Crippen molar-refractivity contribution in [2.45, 2.75) is 53.1 Å². The van der Waals surface area contributed by atoms with Crippen LogP contribution < -0.4 is 15.8 Å². The summed E-state index contributed by atoms with van der Waals surface area (Å²) in [5.41, 5.74) is 10.3. The van der Waals surface area contributed by atoms with Crippen LogP contribution in [0.15, 0.2) is 66.7 Å². The Balaban J connectivity index is 1.50. The third-order valence-electron chi connectivity index (χ3n) is 7.39. The SMILES string of the molecule is CCN(CC)CCOc1ccc(Cc2nc(N)nc(-c3cccc(NC(=O)c4ccc(C(C)(C)C)cc4)c3CO)n2)cc1. The van der Waals surface area contributed by atoms with Gasteiger partial charge in [-0.1, -0.05) is 71.0 Å². The Labute approximate surface area is 254 Å². The lowest BCUT2D eigenvalue weighted by atomic mass is 9.86. The Bertz CT molecular complexity index is 1510. The number of rotatable bonds is 12. The van der Waals surface area contributed by atoms with Crippen molar-refractivity contribution >= 4 is 17.5 Å². The van der Waals surface area contributed by atoms with E-state index < -0.39 is 0 Å². The van der Waals surface area contributed by atoms with Crippen molar-refractivity contribution < 1.29 is 14.6 Å². The number of benzene rings is 3. The van der Waals surface area contributed by atoms with Crippen LogP contribution in [-0.4, -0.2) is 57.1 Å². The van der Waals surface area contributed by atoms with Crippen LogP contribution in [0.1, 0.15) is 67.5 Å². The first-order valence-corrected chi connectivity index (χ1v) is 14.7. The van der Waals surface area contributed by atoms with Gasteiger partial charge in [-0.15, -0.1) is 0 Å². The third kappa shape index (κ3) is 8.37. The van der Waals surface area contributed by atoms with Gasteiger partial charge >= 0.3 is 0 Å². The molecule has 4 rings (SSSR count). The fourth-order valence-corrected chi connectivity index (χ4v) is 4.76. The molecule has 0 atom stereocenters. The molecule has 0 aliphatic heterocycles. The average molecular weight is 583 g/mol. The molecular weight excluding hydrogens is 540 g/mol. The molecule has 0 bridgehead atoms. The average Bonchev–Trinajstić information content (AvgIpc) is 2.99. The maximum Gasteiger partial charge on any atom is 0.255 e. The van der Waals surface area contributed by atoms with E-state index in [0.717, 1.165) is 36.5 Å². The van der Waals surface area contributed by atoms with E-state index in [9.17, 15) is 9.90 Å². The number of nitrogens with one attached hydrogen (secondary N) is 1. The Hall–Kier alpha value is -4.34. The number of nitrogens with zero attached hydrogens (tertiary/aromatic N) is 4. The van der Waals surface area contributed by atoms with Crippen molar-refractivity contribution in [1.82, 2.24) is 19.9 Å². The zero-order valence-electron chi connectivity index (χ0n) is 25.7. The van der Waals surface area contributed by atoms with Gasteiger partial charge in [0.15, 0.2) is 5.82 Å². The predicted octanol–water partition coefficient (Wildman–Crippen LogP) is 5.47. The van der Waals surface area contributed by atoms with E-state index in [0.29, 0.717) is 47.1 Å². The molecule has 1 aromatic heterocycles. The summed E-state index contributed by atoms with van der Waals surface area (Å²) in [6, 6.07) is 20.7. The number of carbonyl (C=O) groups excluding carboxylic acids is 1. The highest BCUT2D eigenvalue weighted by Gasteiger charge is 2.18. The van der Waals surface area contributed by atoms with Crippen molar-refractivity contribution in [1.29, 1.82) is 0 Å². The molecule has 0 saturated carbocycles. The molecule has 226 valence electrons. The molecule has 3 aromatic carbocycles. The monoisotopic (exact) mass is 582 g/mol. The Kier molecular flexibility index (Phi) is 10.4. The van der Waals surface area contributed by atoms with Crippen LogP contribution in [0.4, 0.5) is 11.6 Å². The van der Waals surface area contributed by atoms with Gasteiger partial charge in [0.2, 0.25) is 5.95 Å². The Morgan fingerprint density at radius 2 is 1.65 bits per heavy atom. The van der Waals surface area contributed by atoms with Crippen molar-refractivity contribution in [3.63, 3.8) is 0 Å². The van der Waals surface area contributed by atoms with Gasteiger partial charge < -0.3 is 25.8 Å². The van der Waals surface area contributed by atoms with E-state index in [-0.39, 0.29) is 23.9 Å². The third-order valence-corrected chi connectivity index (χ3v) is 7.39. The zero-order chi connectivity index (χ0) is 31.0. The van der Waals surface area contributed by atoms with Crippen molar-refractivity contribution in [3.8, 4) is 17.1 Å². The number of amides is 1. The maximum atomic E-state index is 13.1. The molecule has 1 amide bonds. The lowest BCUT2D eigenvalue weighted by molar-refractivity contribution is 0.102. The normalized spacial score (nSPS) is 11.5. The number of ether oxygens (including phenoxy) is 1. The minimum atomic E-state index is -0.328. The Morgan fingerprint density at radius 3 is 2.28 bits per heavy atom. The maximum absolute atomic E-state index is 13.1. The molecule has 0 spiro atoms. The fourth-order valence-electron chi connectivity index (χ4n) is 4.76. The number of hydrogen-bond acceptors (Lipinski definition) is 8. The molecule has 1 heterocycles. The highest BCUT2D eigenvalue weighted by Crippen LogP contribution is 2.29. The number of hydrogen-bond donors (Lipinski definition) is 3. The second-order valence-corrected chi connectivity index (χ2v) is 11.4. The topological polar surface area (TPSA) is 126 Å². The van der Waals surface area contributed by atoms with Crippen LogP contribution in [0, 0.1) is 0 Å². The van der Waals surface area contributed by atoms with Gasteiger partial charge in [0, 0.05) is 35.3 Å². The second-order valence-electron chi connectivity index (χ2n) is 11.4. The zero-order valence-corrected chi connectivity index (χ0v) is 25.7. The number of aromatic nitrogens is 3. The summed E-state index contributed by atoms with van der Waals surface area (Å²) in [6.45, 7) is 13.9. The van der Waals surface area contributed by atoms with Crippen LogP contribution in [-0.2, 0) is 18.4 Å². The van der Waals surface area contributed by atoms with Crippen LogP contribution in [0.5, 0.6) is 5.75 Å². The number of carbonyl (C=O) groups is 1. The second kappa shape index (κ2) is 14.2. The van der Waals surface area contributed by atoms with Gasteiger partial charge in [-0.3, -0.25) is 4.79 Å². The minimum absolute atomic E-state index is 0.0123. The van der Waals surface area contributed by atoms with E-state index in [1.807, 2.05) is 48.5 Å². The van der Waals surface area contributed by atoms with E-state index >= 15 is 0 Å². The number of anilines is 2. The molecule has 4 aromatic rings. The number of aliphatic hydroxyl groups excluding tert-OH is 1. The summed E-state index contributed by atoms with van der Waals surface area (Å²) >= 11 is 0. The largest absolute Gasteiger partial charge is 0.492 e. The molecule has 9 heteroatoms. The lowest BCUT2D eigenvalue weighted by Crippen LogP contribution is -2.27. The van der Waals surface area contributed by atoms with Gasteiger partial charge in [0.25, 0.3) is 5.91 Å². The number of nitrogens with two attached hydrogens (primary N) is 1. The molecule has 0 aliphatic rings. The summed E-state index contributed by atoms with van der Waals surface area (Å²) in [5, 5.41) is 13.3. The molecule has 0 radical (unpaired) electrons. The quantitative estimate of drug-likeness (QED) is 0.201. The van der Waals surface area contributed by atoms with Gasteiger partial charge in [-0.05, 0) is 60.0 Å². The predicted molar refractivity (Wildman–Crippen MR) is 171 cm³/mol. The molecular formula is C34H42N6O3. The van der Waals surface area contributed by atoms with Crippen molar-refractivity contribution in [2.75, 3.05) is 37.3 Å². The van der Waals surface area contributed by atoms with Crippen molar-refractivity contribution in [3.05, 3.63) is 94.8 Å². The molecule has 0 aliphatic carbocycles.